The third-order valence-corrected chi connectivity index (χ3v) is 4.95. The molecule has 1 aromatic heterocycles. The minimum Gasteiger partial charge on any atom is -0.494 e. The summed E-state index contributed by atoms with van der Waals surface area (Å²) in [6, 6.07) is 11.0. The molecule has 0 fully saturated rings. The highest BCUT2D eigenvalue weighted by Crippen LogP contribution is 2.25. The van der Waals surface area contributed by atoms with Crippen molar-refractivity contribution in [3.05, 3.63) is 48.2 Å². The maximum absolute atomic E-state index is 12.3. The van der Waals surface area contributed by atoms with Crippen molar-refractivity contribution >= 4 is 16.9 Å². The van der Waals surface area contributed by atoms with Gasteiger partial charge in [0.1, 0.15) is 5.75 Å². The second-order valence-corrected chi connectivity index (χ2v) is 7.00. The van der Waals surface area contributed by atoms with Crippen LogP contribution in [0.1, 0.15) is 43.5 Å². The lowest BCUT2D eigenvalue weighted by molar-refractivity contribution is 0.108. The monoisotopic (exact) mass is 359 g/mol. The molecule has 2 rings (SSSR count). The van der Waals surface area contributed by atoms with Crippen molar-refractivity contribution in [2.75, 3.05) is 13.7 Å². The summed E-state index contributed by atoms with van der Waals surface area (Å²) in [6.07, 6.45) is 5.00. The molecule has 0 N–H and O–H groups in total. The van der Waals surface area contributed by atoms with E-state index in [1.165, 1.54) is 30.8 Å². The molecule has 25 heavy (non-hydrogen) atoms. The normalized spacial score (nSPS) is 11.8. The van der Waals surface area contributed by atoms with Gasteiger partial charge in [-0.2, -0.15) is 0 Å². The highest BCUT2D eigenvalue weighted by molar-refractivity contribution is 8.14. The summed E-state index contributed by atoms with van der Waals surface area (Å²) in [6.45, 7) is 5.21. The van der Waals surface area contributed by atoms with Crippen LogP contribution >= 0.6 is 11.8 Å². The summed E-state index contributed by atoms with van der Waals surface area (Å²) in [5.41, 5.74) is 0.552. The van der Waals surface area contributed by atoms with E-state index in [-0.39, 0.29) is 5.12 Å². The number of hydrogen-bond donors (Lipinski definition) is 0. The molecule has 4 nitrogen and oxygen atoms in total. The Morgan fingerprint density at radius 2 is 1.96 bits per heavy atom. The first-order chi connectivity index (χ1) is 12.1. The van der Waals surface area contributed by atoms with E-state index in [0.29, 0.717) is 11.4 Å². The van der Waals surface area contributed by atoms with E-state index in [0.717, 1.165) is 29.6 Å². The van der Waals surface area contributed by atoms with E-state index < -0.39 is 0 Å². The van der Waals surface area contributed by atoms with Crippen LogP contribution in [0.4, 0.5) is 0 Å². The predicted octanol–water partition coefficient (Wildman–Crippen LogP) is 5.23. The van der Waals surface area contributed by atoms with Gasteiger partial charge in [-0.1, -0.05) is 20.3 Å². The molecule has 0 amide bonds. The molecule has 0 saturated heterocycles. The first-order valence-electron chi connectivity index (χ1n) is 8.57. The van der Waals surface area contributed by atoms with Crippen LogP contribution in [0.3, 0.4) is 0 Å². The molecule has 1 unspecified atom stereocenters. The first-order valence-corrected chi connectivity index (χ1v) is 9.39. The van der Waals surface area contributed by atoms with Gasteiger partial charge in [0.2, 0.25) is 11.0 Å². The van der Waals surface area contributed by atoms with Gasteiger partial charge in [-0.3, -0.25) is 4.79 Å². The molecule has 0 bridgehead atoms. The number of carbonyl (C=O) groups is 1. The number of nitrogens with zero attached hydrogens (tertiary/aromatic N) is 1. The minimum atomic E-state index is -0.0441. The SMILES string of the molecule is CCC(C)CCCOc1ccc(SC(=O)c2ccc(OC)nc2)cc1. The third kappa shape index (κ3) is 6.42. The summed E-state index contributed by atoms with van der Waals surface area (Å²) in [7, 11) is 1.55. The fraction of sp³-hybridized carbons (Fsp3) is 0.400. The Morgan fingerprint density at radius 3 is 2.56 bits per heavy atom. The van der Waals surface area contributed by atoms with Gasteiger partial charge in [-0.05, 0) is 60.9 Å². The van der Waals surface area contributed by atoms with Crippen molar-refractivity contribution < 1.29 is 14.3 Å². The molecule has 0 aliphatic rings. The van der Waals surface area contributed by atoms with Crippen LogP contribution in [-0.4, -0.2) is 23.8 Å². The Bertz CT molecular complexity index is 656. The Balaban J connectivity index is 1.81. The van der Waals surface area contributed by atoms with Crippen molar-refractivity contribution in [3.63, 3.8) is 0 Å². The number of benzene rings is 1. The number of methoxy groups -OCH3 is 1. The number of aromatic nitrogens is 1. The molecule has 1 atom stereocenters. The topological polar surface area (TPSA) is 48.4 Å². The minimum absolute atomic E-state index is 0.0441. The Morgan fingerprint density at radius 1 is 1.20 bits per heavy atom. The van der Waals surface area contributed by atoms with Gasteiger partial charge < -0.3 is 9.47 Å². The molecule has 0 saturated carbocycles. The quantitative estimate of drug-likeness (QED) is 0.453. The fourth-order valence-electron chi connectivity index (χ4n) is 2.22. The zero-order valence-electron chi connectivity index (χ0n) is 15.0. The number of hydrogen-bond acceptors (Lipinski definition) is 5. The van der Waals surface area contributed by atoms with Crippen LogP contribution in [0.25, 0.3) is 0 Å². The number of thioether (sulfide) groups is 1. The zero-order chi connectivity index (χ0) is 18.1. The van der Waals surface area contributed by atoms with Crippen molar-refractivity contribution in [2.24, 2.45) is 5.92 Å². The lowest BCUT2D eigenvalue weighted by atomic mass is 10.0. The fourth-order valence-corrected chi connectivity index (χ4v) is 2.94. The molecule has 0 spiro atoms. The molecular formula is C20H25NO3S. The van der Waals surface area contributed by atoms with E-state index in [9.17, 15) is 4.79 Å². The van der Waals surface area contributed by atoms with Crippen LogP contribution in [0.2, 0.25) is 0 Å². The van der Waals surface area contributed by atoms with Gasteiger partial charge in [0.15, 0.2) is 0 Å². The number of pyridine rings is 1. The van der Waals surface area contributed by atoms with Crippen molar-refractivity contribution in [2.45, 2.75) is 38.0 Å². The number of rotatable bonds is 9. The molecular weight excluding hydrogens is 334 g/mol. The summed E-state index contributed by atoms with van der Waals surface area (Å²) >= 11 is 1.18. The van der Waals surface area contributed by atoms with E-state index in [1.807, 2.05) is 24.3 Å². The largest absolute Gasteiger partial charge is 0.494 e. The summed E-state index contributed by atoms with van der Waals surface area (Å²) in [5, 5.41) is -0.0441. The molecule has 2 aromatic rings. The predicted molar refractivity (Wildman–Crippen MR) is 102 cm³/mol. The molecule has 134 valence electrons. The zero-order valence-corrected chi connectivity index (χ0v) is 15.8. The van der Waals surface area contributed by atoms with E-state index in [4.69, 9.17) is 9.47 Å². The van der Waals surface area contributed by atoms with Gasteiger partial charge in [0, 0.05) is 22.7 Å². The van der Waals surface area contributed by atoms with E-state index in [1.54, 1.807) is 19.2 Å². The van der Waals surface area contributed by atoms with Gasteiger partial charge in [-0.15, -0.1) is 0 Å². The van der Waals surface area contributed by atoms with Crippen LogP contribution in [0.15, 0.2) is 47.5 Å². The van der Waals surface area contributed by atoms with Crippen LogP contribution < -0.4 is 9.47 Å². The maximum atomic E-state index is 12.3. The lowest BCUT2D eigenvalue weighted by Gasteiger charge is -2.10. The summed E-state index contributed by atoms with van der Waals surface area (Å²) in [5.74, 6) is 2.09. The van der Waals surface area contributed by atoms with Crippen LogP contribution in [0.5, 0.6) is 11.6 Å². The molecule has 5 heteroatoms. The Hall–Kier alpha value is -2.01. The summed E-state index contributed by atoms with van der Waals surface area (Å²) < 4.78 is 10.7. The lowest BCUT2D eigenvalue weighted by Crippen LogP contribution is -2.01. The van der Waals surface area contributed by atoms with E-state index in [2.05, 4.69) is 18.8 Å². The van der Waals surface area contributed by atoms with Crippen molar-refractivity contribution in [1.29, 1.82) is 0 Å². The number of ether oxygens (including phenoxy) is 2. The van der Waals surface area contributed by atoms with Crippen LogP contribution in [0, 0.1) is 5.92 Å². The van der Waals surface area contributed by atoms with Gasteiger partial charge in [0.25, 0.3) is 0 Å². The van der Waals surface area contributed by atoms with Gasteiger partial charge in [0.05, 0.1) is 13.7 Å². The standard InChI is InChI=1S/C20H25NO3S/c1-4-15(2)6-5-13-24-17-8-10-18(11-9-17)25-20(22)16-7-12-19(23-3)21-14-16/h7-12,14-15H,4-6,13H2,1-3H3. The summed E-state index contributed by atoms with van der Waals surface area (Å²) in [4.78, 5) is 17.2. The average molecular weight is 359 g/mol. The maximum Gasteiger partial charge on any atom is 0.225 e. The Labute approximate surface area is 154 Å². The van der Waals surface area contributed by atoms with Crippen LogP contribution in [-0.2, 0) is 0 Å². The number of carbonyl (C=O) groups excluding carboxylic acids is 1. The highest BCUT2D eigenvalue weighted by atomic mass is 32.2. The van der Waals surface area contributed by atoms with Crippen molar-refractivity contribution in [3.8, 4) is 11.6 Å². The average Bonchev–Trinajstić information content (AvgIpc) is 2.66. The smallest absolute Gasteiger partial charge is 0.225 e. The van der Waals surface area contributed by atoms with Gasteiger partial charge >= 0.3 is 0 Å². The van der Waals surface area contributed by atoms with Gasteiger partial charge in [-0.25, -0.2) is 4.98 Å². The second-order valence-electron chi connectivity index (χ2n) is 5.95. The molecule has 0 radical (unpaired) electrons. The molecule has 1 heterocycles. The molecule has 0 aliphatic heterocycles. The Kier molecular flexibility index (Phi) is 7.79. The van der Waals surface area contributed by atoms with E-state index >= 15 is 0 Å². The first kappa shape index (κ1) is 19.3. The second kappa shape index (κ2) is 10.1. The molecule has 0 aliphatic carbocycles. The molecule has 1 aromatic carbocycles. The third-order valence-electron chi connectivity index (χ3n) is 4.02. The van der Waals surface area contributed by atoms with Crippen molar-refractivity contribution in [1.82, 2.24) is 4.98 Å². The highest BCUT2D eigenvalue weighted by Gasteiger charge is 2.09.